The number of amides is 3. The summed E-state index contributed by atoms with van der Waals surface area (Å²) < 4.78 is 87.4. The Bertz CT molecular complexity index is 4280. The Balaban J connectivity index is 0.000000127. The number of benzene rings is 2. The zero-order valence-electron chi connectivity index (χ0n) is 51.4. The number of alkyl halides is 3. The van der Waals surface area contributed by atoms with Gasteiger partial charge in [-0.25, -0.2) is 48.1 Å². The maximum Gasteiger partial charge on any atom is 0.436 e. The molecule has 13 heterocycles. The number of fused-ring (bicyclic) bond motifs is 12. The Hall–Kier alpha value is -8.97. The largest absolute Gasteiger partial charge is 0.436 e. The molecule has 6 aliphatic rings. The SMILES string of the molecule is Cc1nc(-c2cnn(C)c2)c2c(n1)[C@H]1CCC[C@@H](C2)N1C(=O)c1ccc(Cl)cc1F.Cc1nc(-c2cnn(C)c2)c2c(n1)[C@H]1CCC[C@@H](C2)N1C(=O)c1ccc(F)cc1Cl.Cc1nc(-c2cnn(C)c2)c2c(n1)[C@H]1CCC[C@@H](C2)N1C(=O)c1ccnc(C(F)(F)F)c1F. The fourth-order valence-corrected chi connectivity index (χ4v) is 14.9. The number of hydrogen-bond donors (Lipinski definition) is 0. The topological polar surface area (TPSA) is 205 Å². The lowest BCUT2D eigenvalue weighted by Gasteiger charge is -2.46. The molecule has 27 heteroatoms. The van der Waals surface area contributed by atoms with E-state index < -0.39 is 46.8 Å². The zero-order valence-corrected chi connectivity index (χ0v) is 52.9. The summed E-state index contributed by atoms with van der Waals surface area (Å²) in [6, 6.07) is 8.08. The quantitative estimate of drug-likeness (QED) is 0.142. The Labute approximate surface area is 540 Å². The molecule has 6 aliphatic heterocycles. The van der Waals surface area contributed by atoms with E-state index in [9.17, 15) is 40.7 Å². The van der Waals surface area contributed by atoms with E-state index in [0.717, 1.165) is 119 Å². The van der Waals surface area contributed by atoms with Crippen LogP contribution in [-0.4, -0.2) is 115 Å². The van der Waals surface area contributed by atoms with Gasteiger partial charge in [-0.05, 0) is 140 Å². The molecular formula is C66H62Cl2F6N16O3. The lowest BCUT2D eigenvalue weighted by molar-refractivity contribution is -0.143. The van der Waals surface area contributed by atoms with Crippen molar-refractivity contribution in [2.45, 2.75) is 140 Å². The maximum absolute atomic E-state index is 14.7. The highest BCUT2D eigenvalue weighted by Gasteiger charge is 2.48. The van der Waals surface area contributed by atoms with E-state index in [2.05, 4.69) is 30.2 Å². The number of aryl methyl sites for hydroxylation is 6. The van der Waals surface area contributed by atoms with Gasteiger partial charge in [-0.1, -0.05) is 23.2 Å². The average Bonchev–Trinajstić information content (AvgIpc) is 1.26. The van der Waals surface area contributed by atoms with Crippen LogP contribution in [0.4, 0.5) is 26.3 Å². The predicted octanol–water partition coefficient (Wildman–Crippen LogP) is 12.6. The fourth-order valence-electron chi connectivity index (χ4n) is 14.5. The summed E-state index contributed by atoms with van der Waals surface area (Å²) in [5.74, 6) is -2.10. The van der Waals surface area contributed by atoms with Gasteiger partial charge in [0.1, 0.15) is 29.1 Å². The van der Waals surface area contributed by atoms with Crippen molar-refractivity contribution in [1.82, 2.24) is 78.9 Å². The van der Waals surface area contributed by atoms with E-state index in [0.29, 0.717) is 60.8 Å². The molecule has 0 N–H and O–H groups in total. The smallest absolute Gasteiger partial charge is 0.327 e. The van der Waals surface area contributed by atoms with Crippen LogP contribution in [0.2, 0.25) is 10.0 Å². The van der Waals surface area contributed by atoms with E-state index in [1.165, 1.54) is 35.2 Å². The second-order valence-corrected chi connectivity index (χ2v) is 25.3. The molecule has 0 unspecified atom stereocenters. The van der Waals surface area contributed by atoms with Crippen molar-refractivity contribution in [3.63, 3.8) is 0 Å². The third kappa shape index (κ3) is 11.9. The van der Waals surface area contributed by atoms with Gasteiger partial charge in [-0.2, -0.15) is 28.5 Å². The van der Waals surface area contributed by atoms with Gasteiger partial charge < -0.3 is 14.7 Å². The molecule has 2 aromatic carbocycles. The molecule has 0 saturated carbocycles. The van der Waals surface area contributed by atoms with Crippen LogP contribution in [0.1, 0.15) is 164 Å². The number of halogens is 8. The third-order valence-electron chi connectivity index (χ3n) is 18.3. The summed E-state index contributed by atoms with van der Waals surface area (Å²) in [5.41, 5.74) is 8.83. The summed E-state index contributed by atoms with van der Waals surface area (Å²) in [7, 11) is 5.56. The van der Waals surface area contributed by atoms with Crippen LogP contribution in [-0.2, 0) is 46.6 Å². The summed E-state index contributed by atoms with van der Waals surface area (Å²) in [6.45, 7) is 5.48. The number of piperidine rings is 3. The Morgan fingerprint density at radius 1 is 0.505 bits per heavy atom. The Morgan fingerprint density at radius 3 is 1.28 bits per heavy atom. The summed E-state index contributed by atoms with van der Waals surface area (Å²) in [5, 5.41) is 13.2. The van der Waals surface area contributed by atoms with Crippen molar-refractivity contribution < 1.29 is 40.7 Å². The number of rotatable bonds is 6. The predicted molar refractivity (Wildman–Crippen MR) is 330 cm³/mol. The molecule has 480 valence electrons. The van der Waals surface area contributed by atoms with Gasteiger partial charge in [0.25, 0.3) is 17.7 Å². The molecule has 3 fully saturated rings. The Morgan fingerprint density at radius 2 is 0.903 bits per heavy atom. The first kappa shape index (κ1) is 62.8. The van der Waals surface area contributed by atoms with Crippen molar-refractivity contribution in [3.05, 3.63) is 187 Å². The van der Waals surface area contributed by atoms with Crippen molar-refractivity contribution in [1.29, 1.82) is 0 Å². The van der Waals surface area contributed by atoms with E-state index in [1.54, 1.807) is 46.5 Å². The molecular weight excluding hydrogens is 1250 g/mol. The van der Waals surface area contributed by atoms with Crippen LogP contribution in [0.15, 0.2) is 85.8 Å². The highest BCUT2D eigenvalue weighted by Crippen LogP contribution is 2.48. The second-order valence-electron chi connectivity index (χ2n) is 24.5. The van der Waals surface area contributed by atoms with Gasteiger partial charge in [0.05, 0.1) is 92.6 Å². The fraction of sp³-hybridized carbons (Fsp3) is 0.379. The Kier molecular flexibility index (Phi) is 16.8. The van der Waals surface area contributed by atoms with Crippen LogP contribution in [0.3, 0.4) is 0 Å². The van der Waals surface area contributed by atoms with E-state index in [-0.39, 0.29) is 57.6 Å². The van der Waals surface area contributed by atoms with Crippen LogP contribution in [0, 0.1) is 38.2 Å². The summed E-state index contributed by atoms with van der Waals surface area (Å²) in [4.78, 5) is 76.8. The van der Waals surface area contributed by atoms with Crippen molar-refractivity contribution >= 4 is 40.9 Å². The number of nitrogens with zero attached hydrogens (tertiary/aromatic N) is 16. The second kappa shape index (κ2) is 24.8. The number of carbonyl (C=O) groups is 3. The van der Waals surface area contributed by atoms with E-state index in [4.69, 9.17) is 43.1 Å². The van der Waals surface area contributed by atoms with Gasteiger partial charge in [-0.15, -0.1) is 0 Å². The molecule has 19 nitrogen and oxygen atoms in total. The minimum absolute atomic E-state index is 0.0134. The molecule has 6 atom stereocenters. The highest BCUT2D eigenvalue weighted by atomic mass is 35.5. The molecule has 3 saturated heterocycles. The van der Waals surface area contributed by atoms with Gasteiger partial charge >= 0.3 is 6.18 Å². The summed E-state index contributed by atoms with van der Waals surface area (Å²) in [6.07, 6.45) is 16.2. The van der Waals surface area contributed by atoms with Gasteiger partial charge in [-0.3, -0.25) is 28.4 Å². The van der Waals surface area contributed by atoms with Crippen LogP contribution < -0.4 is 0 Å². The lowest BCUT2D eigenvalue weighted by atomic mass is 9.81. The zero-order chi connectivity index (χ0) is 65.5. The lowest BCUT2D eigenvalue weighted by Crippen LogP contribution is -2.50. The number of carbonyl (C=O) groups excluding carboxylic acids is 3. The molecule has 15 rings (SSSR count). The minimum atomic E-state index is -4.99. The van der Waals surface area contributed by atoms with Crippen molar-refractivity contribution in [2.24, 2.45) is 21.1 Å². The first-order valence-corrected chi connectivity index (χ1v) is 31.4. The number of hydrogen-bond acceptors (Lipinski definition) is 13. The average molecular weight is 1310 g/mol. The molecule has 93 heavy (non-hydrogen) atoms. The monoisotopic (exact) mass is 1310 g/mol. The summed E-state index contributed by atoms with van der Waals surface area (Å²) >= 11 is 12.1. The third-order valence-corrected chi connectivity index (χ3v) is 18.8. The molecule has 7 aromatic heterocycles. The normalized spacial score (nSPS) is 20.1. The molecule has 0 aliphatic carbocycles. The minimum Gasteiger partial charge on any atom is -0.327 e. The number of aromatic nitrogens is 13. The molecule has 3 amide bonds. The maximum atomic E-state index is 14.7. The van der Waals surface area contributed by atoms with E-state index >= 15 is 0 Å². The van der Waals surface area contributed by atoms with Gasteiger partial charge in [0.2, 0.25) is 0 Å². The highest BCUT2D eigenvalue weighted by molar-refractivity contribution is 6.33. The molecule has 9 aromatic rings. The number of pyridine rings is 1. The van der Waals surface area contributed by atoms with Crippen LogP contribution in [0.5, 0.6) is 0 Å². The van der Waals surface area contributed by atoms with Crippen molar-refractivity contribution in [3.8, 4) is 33.8 Å². The van der Waals surface area contributed by atoms with Crippen LogP contribution in [0.25, 0.3) is 33.8 Å². The standard InChI is InChI=1S/2C22H21ClFN5O.C22H20F4N6O/c1-12-26-20(13-10-25-28(2)11-13)17-9-15-4-3-5-19(21(17)27-12)29(15)22(30)16-7-6-14(24)8-18(16)23;1-12-26-20(13-10-25-28(2)11-13)17-9-15-4-3-5-19(21(17)27-12)29(15)22(30)16-7-6-14(23)8-18(16)24;1-11-29-18(12-9-28-31(2)10-12)15-8-13-4-3-5-16(19(15)30-11)32(13)21(33)14-6-7-27-20(17(14)23)22(24,25)26/h2*6-8,10-11,15,19H,3-5,9H2,1-2H3;6-7,9-10,13,16H,3-5,8H2,1-2H3/t2*15-,19+;13-,16+/m000/s1. The first-order chi connectivity index (χ1) is 44.5. The van der Waals surface area contributed by atoms with Crippen molar-refractivity contribution in [2.75, 3.05) is 0 Å². The van der Waals surface area contributed by atoms with E-state index in [1.807, 2.05) is 62.5 Å². The first-order valence-electron chi connectivity index (χ1n) is 30.7. The molecule has 6 bridgehead atoms. The molecule has 0 radical (unpaired) electrons. The van der Waals surface area contributed by atoms with Gasteiger partial charge in [0, 0.05) is 102 Å². The molecule has 0 spiro atoms. The van der Waals surface area contributed by atoms with Gasteiger partial charge in [0.15, 0.2) is 11.5 Å². The van der Waals surface area contributed by atoms with Crippen LogP contribution >= 0.6 is 23.2 Å².